The van der Waals surface area contributed by atoms with E-state index in [-0.39, 0.29) is 5.91 Å². The number of aryl methyl sites for hydroxylation is 2. The number of fused-ring (bicyclic) bond motifs is 1. The maximum Gasteiger partial charge on any atom is 0.223 e. The summed E-state index contributed by atoms with van der Waals surface area (Å²) in [5, 5.41) is 1.11. The zero-order chi connectivity index (χ0) is 20.2. The predicted octanol–water partition coefficient (Wildman–Crippen LogP) is 3.83. The van der Waals surface area contributed by atoms with E-state index in [0.717, 1.165) is 55.1 Å². The number of ether oxygens (including phenoxy) is 1. The van der Waals surface area contributed by atoms with Crippen molar-refractivity contribution in [3.63, 3.8) is 0 Å². The molecule has 2 heterocycles. The van der Waals surface area contributed by atoms with Gasteiger partial charge in [0, 0.05) is 38.0 Å². The first-order chi connectivity index (χ1) is 14.2. The van der Waals surface area contributed by atoms with Gasteiger partial charge in [0.1, 0.15) is 17.1 Å². The van der Waals surface area contributed by atoms with Crippen LogP contribution in [0.25, 0.3) is 10.9 Å². The number of anilines is 1. The van der Waals surface area contributed by atoms with E-state index in [0.29, 0.717) is 6.42 Å². The van der Waals surface area contributed by atoms with Crippen LogP contribution in [0.4, 0.5) is 5.82 Å². The topological polar surface area (TPSA) is 45.7 Å². The van der Waals surface area contributed by atoms with Gasteiger partial charge < -0.3 is 14.5 Å². The third-order valence-corrected chi connectivity index (χ3v) is 5.64. The van der Waals surface area contributed by atoms with Crippen LogP contribution >= 0.6 is 0 Å². The summed E-state index contributed by atoms with van der Waals surface area (Å²) in [4.78, 5) is 21.7. The highest BCUT2D eigenvalue weighted by Crippen LogP contribution is 2.29. The lowest BCUT2D eigenvalue weighted by molar-refractivity contribution is -0.131. The number of carbonyl (C=O) groups is 1. The minimum absolute atomic E-state index is 0.234. The van der Waals surface area contributed by atoms with Crippen molar-refractivity contribution in [3.8, 4) is 5.75 Å². The molecule has 0 atom stereocenters. The normalized spacial score (nSPS) is 14.3. The van der Waals surface area contributed by atoms with E-state index >= 15 is 0 Å². The molecule has 0 bridgehead atoms. The van der Waals surface area contributed by atoms with Gasteiger partial charge >= 0.3 is 0 Å². The SMILES string of the molecule is COc1cccc2c(C)cc(N3CCN(C(=O)CCc4ccccc4)CC3)nc12. The van der Waals surface area contributed by atoms with Crippen LogP contribution in [0.2, 0.25) is 0 Å². The molecule has 1 saturated heterocycles. The van der Waals surface area contributed by atoms with Crippen LogP contribution in [0, 0.1) is 6.92 Å². The summed E-state index contributed by atoms with van der Waals surface area (Å²) >= 11 is 0. The molecule has 1 aliphatic rings. The van der Waals surface area contributed by atoms with Crippen LogP contribution in [-0.4, -0.2) is 49.1 Å². The Kier molecular flexibility index (Phi) is 5.65. The molecule has 0 saturated carbocycles. The Bertz CT molecular complexity index is 996. The monoisotopic (exact) mass is 389 g/mol. The molecule has 0 radical (unpaired) electrons. The molecule has 1 aliphatic heterocycles. The van der Waals surface area contributed by atoms with E-state index in [4.69, 9.17) is 9.72 Å². The number of benzene rings is 2. The summed E-state index contributed by atoms with van der Waals surface area (Å²) < 4.78 is 5.50. The molecule has 4 rings (SSSR count). The molecular formula is C24H27N3O2. The first-order valence-corrected chi connectivity index (χ1v) is 10.2. The lowest BCUT2D eigenvalue weighted by atomic mass is 10.1. The summed E-state index contributed by atoms with van der Waals surface area (Å²) in [7, 11) is 1.68. The Morgan fingerprint density at radius 1 is 1.03 bits per heavy atom. The average molecular weight is 389 g/mol. The highest BCUT2D eigenvalue weighted by atomic mass is 16.5. The van der Waals surface area contributed by atoms with E-state index in [1.807, 2.05) is 35.2 Å². The van der Waals surface area contributed by atoms with Crippen molar-refractivity contribution in [2.45, 2.75) is 19.8 Å². The molecule has 1 amide bonds. The maximum atomic E-state index is 12.6. The fraction of sp³-hybridized carbons (Fsp3) is 0.333. The number of rotatable bonds is 5. The zero-order valence-electron chi connectivity index (χ0n) is 17.1. The van der Waals surface area contributed by atoms with Crippen molar-refractivity contribution < 1.29 is 9.53 Å². The van der Waals surface area contributed by atoms with Crippen molar-refractivity contribution in [1.82, 2.24) is 9.88 Å². The highest BCUT2D eigenvalue weighted by Gasteiger charge is 2.22. The van der Waals surface area contributed by atoms with Crippen LogP contribution in [0.1, 0.15) is 17.5 Å². The van der Waals surface area contributed by atoms with Crippen molar-refractivity contribution in [2.24, 2.45) is 0 Å². The first-order valence-electron chi connectivity index (χ1n) is 10.2. The Hall–Kier alpha value is -3.08. The molecule has 5 nitrogen and oxygen atoms in total. The first kappa shape index (κ1) is 19.2. The second-order valence-corrected chi connectivity index (χ2v) is 7.51. The molecule has 5 heteroatoms. The van der Waals surface area contributed by atoms with Crippen LogP contribution in [-0.2, 0) is 11.2 Å². The van der Waals surface area contributed by atoms with Crippen molar-refractivity contribution in [1.29, 1.82) is 0 Å². The maximum absolute atomic E-state index is 12.6. The van der Waals surface area contributed by atoms with Crippen molar-refractivity contribution >= 4 is 22.6 Å². The van der Waals surface area contributed by atoms with Gasteiger partial charge in [-0.05, 0) is 36.6 Å². The summed E-state index contributed by atoms with van der Waals surface area (Å²) in [6, 6.07) is 18.3. The summed E-state index contributed by atoms with van der Waals surface area (Å²) in [6.07, 6.45) is 1.36. The Balaban J connectivity index is 1.41. The lowest BCUT2D eigenvalue weighted by Crippen LogP contribution is -2.49. The molecule has 0 aliphatic carbocycles. The predicted molar refractivity (Wildman–Crippen MR) is 117 cm³/mol. The average Bonchev–Trinajstić information content (AvgIpc) is 2.78. The summed E-state index contributed by atoms with van der Waals surface area (Å²) in [5.41, 5.74) is 3.29. The Labute approximate surface area is 171 Å². The number of para-hydroxylation sites is 1. The standard InChI is InChI=1S/C24H27N3O2/c1-18-17-22(25-24-20(18)9-6-10-21(24)29-2)26-13-15-27(16-14-26)23(28)12-11-19-7-4-3-5-8-19/h3-10,17H,11-16H2,1-2H3. The van der Waals surface area contributed by atoms with Crippen LogP contribution in [0.5, 0.6) is 5.75 Å². The molecule has 0 N–H and O–H groups in total. The number of hydrogen-bond acceptors (Lipinski definition) is 4. The second kappa shape index (κ2) is 8.52. The van der Waals surface area contributed by atoms with Crippen LogP contribution in [0.15, 0.2) is 54.6 Å². The van der Waals surface area contributed by atoms with Gasteiger partial charge in [-0.3, -0.25) is 4.79 Å². The van der Waals surface area contributed by atoms with Crippen LogP contribution < -0.4 is 9.64 Å². The summed E-state index contributed by atoms with van der Waals surface area (Å²) in [5.74, 6) is 1.98. The molecule has 0 spiro atoms. The second-order valence-electron chi connectivity index (χ2n) is 7.51. The minimum Gasteiger partial charge on any atom is -0.494 e. The molecule has 1 fully saturated rings. The quantitative estimate of drug-likeness (QED) is 0.665. The molecule has 2 aromatic carbocycles. The number of amides is 1. The number of aromatic nitrogens is 1. The van der Waals surface area contributed by atoms with Gasteiger partial charge in [0.25, 0.3) is 0 Å². The minimum atomic E-state index is 0.234. The van der Waals surface area contributed by atoms with E-state index < -0.39 is 0 Å². The Morgan fingerprint density at radius 3 is 2.52 bits per heavy atom. The van der Waals surface area contributed by atoms with Gasteiger partial charge in [0.2, 0.25) is 5.91 Å². The fourth-order valence-electron chi connectivity index (χ4n) is 3.94. The number of nitrogens with zero attached hydrogens (tertiary/aromatic N) is 3. The largest absolute Gasteiger partial charge is 0.494 e. The molecule has 29 heavy (non-hydrogen) atoms. The number of carbonyl (C=O) groups excluding carboxylic acids is 1. The molecular weight excluding hydrogens is 362 g/mol. The zero-order valence-corrected chi connectivity index (χ0v) is 17.1. The third kappa shape index (κ3) is 4.19. The third-order valence-electron chi connectivity index (χ3n) is 5.64. The van der Waals surface area contributed by atoms with Crippen LogP contribution in [0.3, 0.4) is 0 Å². The Morgan fingerprint density at radius 2 is 1.79 bits per heavy atom. The lowest BCUT2D eigenvalue weighted by Gasteiger charge is -2.35. The van der Waals surface area contributed by atoms with Gasteiger partial charge in [-0.2, -0.15) is 0 Å². The van der Waals surface area contributed by atoms with E-state index in [1.54, 1.807) is 7.11 Å². The fourth-order valence-corrected chi connectivity index (χ4v) is 3.94. The molecule has 150 valence electrons. The molecule has 0 unspecified atom stereocenters. The summed E-state index contributed by atoms with van der Waals surface area (Å²) in [6.45, 7) is 5.17. The van der Waals surface area contributed by atoms with Gasteiger partial charge in [-0.15, -0.1) is 0 Å². The van der Waals surface area contributed by atoms with E-state index in [9.17, 15) is 4.79 Å². The van der Waals surface area contributed by atoms with Crippen molar-refractivity contribution in [3.05, 3.63) is 65.7 Å². The van der Waals surface area contributed by atoms with Crippen molar-refractivity contribution in [2.75, 3.05) is 38.2 Å². The number of piperazine rings is 1. The van der Waals surface area contributed by atoms with Gasteiger partial charge in [0.15, 0.2) is 0 Å². The van der Waals surface area contributed by atoms with Gasteiger partial charge in [-0.25, -0.2) is 4.98 Å². The number of methoxy groups -OCH3 is 1. The number of pyridine rings is 1. The van der Waals surface area contributed by atoms with Gasteiger partial charge in [0.05, 0.1) is 7.11 Å². The van der Waals surface area contributed by atoms with E-state index in [1.165, 1.54) is 11.1 Å². The number of hydrogen-bond donors (Lipinski definition) is 0. The molecule has 1 aromatic heterocycles. The smallest absolute Gasteiger partial charge is 0.223 e. The highest BCUT2D eigenvalue weighted by molar-refractivity contribution is 5.89. The molecule has 3 aromatic rings. The van der Waals surface area contributed by atoms with Gasteiger partial charge in [-0.1, -0.05) is 42.5 Å². The van der Waals surface area contributed by atoms with E-state index in [2.05, 4.69) is 36.1 Å².